The van der Waals surface area contributed by atoms with Crippen molar-refractivity contribution in [3.05, 3.63) is 47.5 Å². The molecule has 2 aromatic carbocycles. The Bertz CT molecular complexity index is 642. The van der Waals surface area contributed by atoms with E-state index >= 15 is 0 Å². The number of methoxy groups -OCH3 is 2. The van der Waals surface area contributed by atoms with Gasteiger partial charge in [-0.05, 0) is 18.4 Å². The highest BCUT2D eigenvalue weighted by Gasteiger charge is 2.06. The molecule has 0 N–H and O–H groups in total. The van der Waals surface area contributed by atoms with Crippen LogP contribution in [0, 0.1) is 6.92 Å². The van der Waals surface area contributed by atoms with E-state index in [1.807, 2.05) is 24.3 Å². The molecule has 0 aliphatic rings. The Hall–Kier alpha value is -2.29. The molecule has 3 nitrogen and oxygen atoms in total. The third-order valence-corrected chi connectivity index (χ3v) is 2.96. The monoisotopic (exact) mass is 256 g/mol. The minimum absolute atomic E-state index is 0.383. The van der Waals surface area contributed by atoms with Crippen molar-refractivity contribution >= 4 is 22.8 Å². The van der Waals surface area contributed by atoms with E-state index in [1.54, 1.807) is 13.2 Å². The largest absolute Gasteiger partial charge is 0.495 e. The number of rotatable bonds is 3. The molecule has 0 saturated heterocycles. The van der Waals surface area contributed by atoms with Gasteiger partial charge in [-0.3, -0.25) is 0 Å². The van der Waals surface area contributed by atoms with Crippen LogP contribution < -0.4 is 4.74 Å². The molecule has 0 aromatic heterocycles. The Morgan fingerprint density at radius 2 is 1.95 bits per heavy atom. The lowest BCUT2D eigenvalue weighted by atomic mass is 10.0. The standard InChI is InChI=1S/C16H16O3/c1-11-4-8-14-13(10-11)6-5-12(16(14)19-3)7-9-15(17)18-2/h4-10H,1-3H3/b9-7+. The summed E-state index contributed by atoms with van der Waals surface area (Å²) in [5.41, 5.74) is 2.05. The molecule has 0 spiro atoms. The highest BCUT2D eigenvalue weighted by molar-refractivity contribution is 5.94. The van der Waals surface area contributed by atoms with Gasteiger partial charge >= 0.3 is 5.97 Å². The maximum absolute atomic E-state index is 11.1. The average molecular weight is 256 g/mol. The van der Waals surface area contributed by atoms with E-state index in [4.69, 9.17) is 4.74 Å². The van der Waals surface area contributed by atoms with Crippen molar-refractivity contribution in [1.82, 2.24) is 0 Å². The molecule has 2 aromatic rings. The fourth-order valence-electron chi connectivity index (χ4n) is 2.02. The van der Waals surface area contributed by atoms with Gasteiger partial charge in [0.05, 0.1) is 14.2 Å². The molecule has 0 unspecified atom stereocenters. The van der Waals surface area contributed by atoms with Gasteiger partial charge in [0.25, 0.3) is 0 Å². The molecule has 98 valence electrons. The molecule has 0 aliphatic heterocycles. The van der Waals surface area contributed by atoms with E-state index in [1.165, 1.54) is 18.7 Å². The summed E-state index contributed by atoms with van der Waals surface area (Å²) in [4.78, 5) is 11.1. The fraction of sp³-hybridized carbons (Fsp3) is 0.188. The summed E-state index contributed by atoms with van der Waals surface area (Å²) in [6, 6.07) is 10.1. The zero-order valence-electron chi connectivity index (χ0n) is 11.3. The van der Waals surface area contributed by atoms with Gasteiger partial charge in [0.1, 0.15) is 5.75 Å². The lowest BCUT2D eigenvalue weighted by Crippen LogP contribution is -1.94. The first-order valence-electron chi connectivity index (χ1n) is 5.99. The second-order valence-corrected chi connectivity index (χ2v) is 4.27. The molecule has 3 heteroatoms. The first-order chi connectivity index (χ1) is 9.15. The highest BCUT2D eigenvalue weighted by atomic mass is 16.5. The molecular weight excluding hydrogens is 240 g/mol. The second kappa shape index (κ2) is 5.57. The maximum atomic E-state index is 11.1. The number of fused-ring (bicyclic) bond motifs is 1. The van der Waals surface area contributed by atoms with Crippen molar-refractivity contribution in [3.63, 3.8) is 0 Å². The third-order valence-electron chi connectivity index (χ3n) is 2.96. The van der Waals surface area contributed by atoms with Crippen molar-refractivity contribution in [2.24, 2.45) is 0 Å². The van der Waals surface area contributed by atoms with Crippen molar-refractivity contribution in [2.45, 2.75) is 6.92 Å². The number of aryl methyl sites for hydroxylation is 1. The van der Waals surface area contributed by atoms with Gasteiger partial charge in [-0.25, -0.2) is 4.79 Å². The van der Waals surface area contributed by atoms with Crippen LogP contribution in [0.3, 0.4) is 0 Å². The molecule has 0 amide bonds. The van der Waals surface area contributed by atoms with Crippen molar-refractivity contribution in [2.75, 3.05) is 14.2 Å². The van der Waals surface area contributed by atoms with Gasteiger partial charge in [-0.2, -0.15) is 0 Å². The van der Waals surface area contributed by atoms with Crippen molar-refractivity contribution in [3.8, 4) is 5.75 Å². The van der Waals surface area contributed by atoms with E-state index in [9.17, 15) is 4.79 Å². The lowest BCUT2D eigenvalue weighted by molar-refractivity contribution is -0.134. The summed E-state index contributed by atoms with van der Waals surface area (Å²) in [5.74, 6) is 0.378. The first kappa shape index (κ1) is 13.1. The molecule has 0 aliphatic carbocycles. The van der Waals surface area contributed by atoms with Crippen LogP contribution in [0.1, 0.15) is 11.1 Å². The zero-order chi connectivity index (χ0) is 13.8. The summed E-state index contributed by atoms with van der Waals surface area (Å²) in [6.45, 7) is 2.05. The van der Waals surface area contributed by atoms with Crippen LogP contribution in [0.4, 0.5) is 0 Å². The van der Waals surface area contributed by atoms with E-state index in [0.29, 0.717) is 0 Å². The molecule has 0 saturated carbocycles. The normalized spacial score (nSPS) is 10.9. The van der Waals surface area contributed by atoms with Crippen LogP contribution >= 0.6 is 0 Å². The fourth-order valence-corrected chi connectivity index (χ4v) is 2.02. The Morgan fingerprint density at radius 1 is 1.16 bits per heavy atom. The second-order valence-electron chi connectivity index (χ2n) is 4.27. The van der Waals surface area contributed by atoms with Gasteiger partial charge in [-0.1, -0.05) is 35.9 Å². The zero-order valence-corrected chi connectivity index (χ0v) is 11.3. The molecule has 2 rings (SSSR count). The summed E-state index contributed by atoms with van der Waals surface area (Å²) in [7, 11) is 2.98. The van der Waals surface area contributed by atoms with Crippen LogP contribution in [0.25, 0.3) is 16.8 Å². The summed E-state index contributed by atoms with van der Waals surface area (Å²) in [5, 5.41) is 2.15. The SMILES string of the molecule is COC(=O)/C=C/c1ccc2cc(C)ccc2c1OC. The van der Waals surface area contributed by atoms with Gasteiger partial charge in [-0.15, -0.1) is 0 Å². The van der Waals surface area contributed by atoms with Crippen LogP contribution in [0.2, 0.25) is 0 Å². The number of hydrogen-bond donors (Lipinski definition) is 0. The molecular formula is C16H16O3. The van der Waals surface area contributed by atoms with E-state index in [2.05, 4.69) is 17.7 Å². The maximum Gasteiger partial charge on any atom is 0.330 e. The highest BCUT2D eigenvalue weighted by Crippen LogP contribution is 2.31. The molecule has 19 heavy (non-hydrogen) atoms. The number of esters is 1. The van der Waals surface area contributed by atoms with E-state index < -0.39 is 0 Å². The molecule has 0 fully saturated rings. The van der Waals surface area contributed by atoms with Crippen molar-refractivity contribution < 1.29 is 14.3 Å². The van der Waals surface area contributed by atoms with Gasteiger partial charge < -0.3 is 9.47 Å². The molecule has 0 atom stereocenters. The molecule has 0 heterocycles. The quantitative estimate of drug-likeness (QED) is 0.624. The minimum Gasteiger partial charge on any atom is -0.495 e. The predicted molar refractivity (Wildman–Crippen MR) is 76.3 cm³/mol. The van der Waals surface area contributed by atoms with Gasteiger partial charge in [0.2, 0.25) is 0 Å². The molecule has 0 radical (unpaired) electrons. The number of benzene rings is 2. The average Bonchev–Trinajstić information content (AvgIpc) is 2.43. The predicted octanol–water partition coefficient (Wildman–Crippen LogP) is 3.34. The van der Waals surface area contributed by atoms with E-state index in [0.717, 1.165) is 22.1 Å². The Morgan fingerprint density at radius 3 is 2.63 bits per heavy atom. The minimum atomic E-state index is -0.383. The molecule has 0 bridgehead atoms. The summed E-state index contributed by atoms with van der Waals surface area (Å²) in [6.07, 6.45) is 3.09. The Labute approximate surface area is 112 Å². The number of ether oxygens (including phenoxy) is 2. The number of carbonyl (C=O) groups excluding carboxylic acids is 1. The Balaban J connectivity index is 2.54. The van der Waals surface area contributed by atoms with Gasteiger partial charge in [0, 0.05) is 17.0 Å². The first-order valence-corrected chi connectivity index (χ1v) is 5.99. The summed E-state index contributed by atoms with van der Waals surface area (Å²) >= 11 is 0. The van der Waals surface area contributed by atoms with Crippen LogP contribution in [-0.4, -0.2) is 20.2 Å². The lowest BCUT2D eigenvalue weighted by Gasteiger charge is -2.09. The summed E-state index contributed by atoms with van der Waals surface area (Å²) < 4.78 is 10.0. The third kappa shape index (κ3) is 2.76. The number of hydrogen-bond acceptors (Lipinski definition) is 3. The van der Waals surface area contributed by atoms with E-state index in [-0.39, 0.29) is 5.97 Å². The smallest absolute Gasteiger partial charge is 0.330 e. The number of carbonyl (C=O) groups is 1. The Kier molecular flexibility index (Phi) is 3.85. The van der Waals surface area contributed by atoms with Crippen molar-refractivity contribution in [1.29, 1.82) is 0 Å². The van der Waals surface area contributed by atoms with Crippen LogP contribution in [0.15, 0.2) is 36.4 Å². The van der Waals surface area contributed by atoms with Crippen LogP contribution in [0.5, 0.6) is 5.75 Å². The van der Waals surface area contributed by atoms with Crippen LogP contribution in [-0.2, 0) is 9.53 Å². The topological polar surface area (TPSA) is 35.5 Å². The van der Waals surface area contributed by atoms with Gasteiger partial charge in [0.15, 0.2) is 0 Å².